The van der Waals surface area contributed by atoms with Gasteiger partial charge in [-0.1, -0.05) is 17.7 Å². The van der Waals surface area contributed by atoms with Crippen LogP contribution in [-0.4, -0.2) is 38.8 Å². The van der Waals surface area contributed by atoms with E-state index < -0.39 is 12.2 Å². The third kappa shape index (κ3) is 2.68. The third-order valence-electron chi connectivity index (χ3n) is 2.96. The predicted octanol–water partition coefficient (Wildman–Crippen LogP) is 1.91. The maximum absolute atomic E-state index is 11.1. The van der Waals surface area contributed by atoms with E-state index in [4.69, 9.17) is 16.7 Å². The smallest absolute Gasteiger partial charge is 0.407 e. The van der Waals surface area contributed by atoms with Crippen LogP contribution in [0.1, 0.15) is 24.4 Å². The van der Waals surface area contributed by atoms with Crippen molar-refractivity contribution in [1.82, 2.24) is 9.88 Å². The number of rotatable bonds is 1. The molecule has 92 valence electrons. The van der Waals surface area contributed by atoms with Gasteiger partial charge in [-0.2, -0.15) is 0 Å². The molecule has 2 atom stereocenters. The van der Waals surface area contributed by atoms with Gasteiger partial charge in [-0.05, 0) is 24.5 Å². The Kier molecular flexibility index (Phi) is 3.49. The first kappa shape index (κ1) is 12.1. The maximum atomic E-state index is 11.1. The number of hydrogen-bond acceptors (Lipinski definition) is 3. The summed E-state index contributed by atoms with van der Waals surface area (Å²) in [4.78, 5) is 16.4. The van der Waals surface area contributed by atoms with Gasteiger partial charge in [0, 0.05) is 12.7 Å². The number of nitrogens with zero attached hydrogens (tertiary/aromatic N) is 2. The summed E-state index contributed by atoms with van der Waals surface area (Å²) in [6.07, 6.45) is 0.989. The summed E-state index contributed by atoms with van der Waals surface area (Å²) in [5.74, 6) is 0. The van der Waals surface area contributed by atoms with Gasteiger partial charge < -0.3 is 15.1 Å². The first-order chi connectivity index (χ1) is 8.08. The Morgan fingerprint density at radius 2 is 2.29 bits per heavy atom. The van der Waals surface area contributed by atoms with Crippen molar-refractivity contribution in [3.8, 4) is 0 Å². The number of halogens is 1. The van der Waals surface area contributed by atoms with E-state index in [1.54, 1.807) is 18.3 Å². The lowest BCUT2D eigenvalue weighted by Gasteiger charge is -2.36. The molecule has 1 amide bonds. The molecular weight excluding hydrogens is 244 g/mol. The molecule has 17 heavy (non-hydrogen) atoms. The number of pyridine rings is 1. The number of aliphatic hydroxyl groups is 1. The third-order valence-corrected chi connectivity index (χ3v) is 3.18. The van der Waals surface area contributed by atoms with Gasteiger partial charge in [-0.3, -0.25) is 0 Å². The SMILES string of the molecule is O=C(O)N1CCC(O)CC1c1ccc(Cl)nc1. The van der Waals surface area contributed by atoms with Crippen LogP contribution in [0.4, 0.5) is 4.79 Å². The molecule has 0 saturated carbocycles. The van der Waals surface area contributed by atoms with Crippen molar-refractivity contribution in [2.45, 2.75) is 25.0 Å². The van der Waals surface area contributed by atoms with Gasteiger partial charge in [0.05, 0.1) is 12.1 Å². The van der Waals surface area contributed by atoms with Crippen LogP contribution >= 0.6 is 11.6 Å². The highest BCUT2D eigenvalue weighted by atomic mass is 35.5. The molecule has 1 aromatic heterocycles. The van der Waals surface area contributed by atoms with Crippen LogP contribution in [-0.2, 0) is 0 Å². The van der Waals surface area contributed by atoms with Crippen molar-refractivity contribution in [3.63, 3.8) is 0 Å². The van der Waals surface area contributed by atoms with E-state index in [0.29, 0.717) is 24.5 Å². The molecule has 0 aliphatic carbocycles. The van der Waals surface area contributed by atoms with Crippen molar-refractivity contribution >= 4 is 17.7 Å². The molecule has 6 heteroatoms. The number of amides is 1. The van der Waals surface area contributed by atoms with E-state index >= 15 is 0 Å². The minimum atomic E-state index is -0.975. The van der Waals surface area contributed by atoms with Crippen molar-refractivity contribution in [3.05, 3.63) is 29.0 Å². The van der Waals surface area contributed by atoms with Gasteiger partial charge in [0.15, 0.2) is 0 Å². The predicted molar refractivity (Wildman–Crippen MR) is 62.0 cm³/mol. The highest BCUT2D eigenvalue weighted by molar-refractivity contribution is 6.29. The standard InChI is InChI=1S/C11H13ClN2O3/c12-10-2-1-7(6-13-10)9-5-8(15)3-4-14(9)11(16)17/h1-2,6,8-9,15H,3-5H2,(H,16,17). The number of likely N-dealkylation sites (tertiary alicyclic amines) is 1. The quantitative estimate of drug-likeness (QED) is 0.753. The first-order valence-electron chi connectivity index (χ1n) is 5.37. The van der Waals surface area contributed by atoms with Crippen LogP contribution in [0.3, 0.4) is 0 Å². The normalized spacial score (nSPS) is 24.7. The Bertz CT molecular complexity index is 410. The summed E-state index contributed by atoms with van der Waals surface area (Å²) < 4.78 is 0. The molecule has 0 spiro atoms. The molecule has 2 N–H and O–H groups in total. The van der Waals surface area contributed by atoms with Gasteiger partial charge in [-0.15, -0.1) is 0 Å². The zero-order valence-electron chi connectivity index (χ0n) is 9.08. The van der Waals surface area contributed by atoms with Crippen molar-refractivity contribution in [2.75, 3.05) is 6.54 Å². The van der Waals surface area contributed by atoms with Crippen molar-refractivity contribution in [1.29, 1.82) is 0 Å². The molecule has 2 rings (SSSR count). The molecule has 1 saturated heterocycles. The van der Waals surface area contributed by atoms with E-state index in [2.05, 4.69) is 4.98 Å². The zero-order chi connectivity index (χ0) is 12.4. The molecular formula is C11H13ClN2O3. The molecule has 1 fully saturated rings. The highest BCUT2D eigenvalue weighted by Crippen LogP contribution is 2.31. The summed E-state index contributed by atoms with van der Waals surface area (Å²) in [5, 5.41) is 19.1. The highest BCUT2D eigenvalue weighted by Gasteiger charge is 2.31. The molecule has 2 heterocycles. The fourth-order valence-electron chi connectivity index (χ4n) is 2.08. The molecule has 1 aliphatic heterocycles. The van der Waals surface area contributed by atoms with Crippen LogP contribution in [0.5, 0.6) is 0 Å². The monoisotopic (exact) mass is 256 g/mol. The Hall–Kier alpha value is -1.33. The van der Waals surface area contributed by atoms with Crippen LogP contribution in [0.15, 0.2) is 18.3 Å². The van der Waals surface area contributed by atoms with E-state index in [9.17, 15) is 9.90 Å². The summed E-state index contributed by atoms with van der Waals surface area (Å²) in [6, 6.07) is 3.02. The van der Waals surface area contributed by atoms with Gasteiger partial charge in [0.25, 0.3) is 0 Å². The van der Waals surface area contributed by atoms with Crippen molar-refractivity contribution in [2.24, 2.45) is 0 Å². The minimum absolute atomic E-state index is 0.337. The van der Waals surface area contributed by atoms with Crippen LogP contribution < -0.4 is 0 Å². The van der Waals surface area contributed by atoms with Crippen LogP contribution in [0.2, 0.25) is 5.15 Å². The van der Waals surface area contributed by atoms with Gasteiger partial charge >= 0.3 is 6.09 Å². The molecule has 2 unspecified atom stereocenters. The van der Waals surface area contributed by atoms with E-state index in [1.165, 1.54) is 4.90 Å². The second-order valence-corrected chi connectivity index (χ2v) is 4.47. The lowest BCUT2D eigenvalue weighted by molar-refractivity contribution is 0.0423. The number of piperidine rings is 1. The minimum Gasteiger partial charge on any atom is -0.465 e. The maximum Gasteiger partial charge on any atom is 0.407 e. The van der Waals surface area contributed by atoms with Gasteiger partial charge in [0.1, 0.15) is 5.15 Å². The Morgan fingerprint density at radius 3 is 2.88 bits per heavy atom. The Balaban J connectivity index is 2.25. The Labute approximate surface area is 104 Å². The topological polar surface area (TPSA) is 73.7 Å². The molecule has 0 aromatic carbocycles. The number of hydrogen-bond donors (Lipinski definition) is 2. The molecule has 5 nitrogen and oxygen atoms in total. The summed E-state index contributed by atoms with van der Waals surface area (Å²) >= 11 is 5.69. The summed E-state index contributed by atoms with van der Waals surface area (Å²) in [6.45, 7) is 0.337. The average molecular weight is 257 g/mol. The lowest BCUT2D eigenvalue weighted by atomic mass is 9.95. The molecule has 0 radical (unpaired) electrons. The van der Waals surface area contributed by atoms with E-state index in [0.717, 1.165) is 5.56 Å². The number of carboxylic acid groups (broad SMARTS) is 1. The molecule has 1 aromatic rings. The fourth-order valence-corrected chi connectivity index (χ4v) is 2.19. The second-order valence-electron chi connectivity index (χ2n) is 4.08. The largest absolute Gasteiger partial charge is 0.465 e. The summed E-state index contributed by atoms with van der Waals surface area (Å²) in [5.41, 5.74) is 0.760. The second kappa shape index (κ2) is 4.89. The first-order valence-corrected chi connectivity index (χ1v) is 5.75. The van der Waals surface area contributed by atoms with Crippen LogP contribution in [0, 0.1) is 0 Å². The van der Waals surface area contributed by atoms with Gasteiger partial charge in [0.2, 0.25) is 0 Å². The lowest BCUT2D eigenvalue weighted by Crippen LogP contribution is -2.41. The molecule has 1 aliphatic rings. The van der Waals surface area contributed by atoms with Crippen LogP contribution in [0.25, 0.3) is 0 Å². The van der Waals surface area contributed by atoms with E-state index in [-0.39, 0.29) is 6.04 Å². The molecule has 0 bridgehead atoms. The van der Waals surface area contributed by atoms with Crippen molar-refractivity contribution < 1.29 is 15.0 Å². The van der Waals surface area contributed by atoms with Gasteiger partial charge in [-0.25, -0.2) is 9.78 Å². The average Bonchev–Trinajstić information content (AvgIpc) is 2.29. The zero-order valence-corrected chi connectivity index (χ0v) is 9.84. The van der Waals surface area contributed by atoms with E-state index in [1.807, 2.05) is 0 Å². The number of aromatic nitrogens is 1. The Morgan fingerprint density at radius 1 is 1.53 bits per heavy atom. The number of carbonyl (C=O) groups is 1. The summed E-state index contributed by atoms with van der Waals surface area (Å²) in [7, 11) is 0. The number of aliphatic hydroxyl groups excluding tert-OH is 1. The fraction of sp³-hybridized carbons (Fsp3) is 0.455.